The van der Waals surface area contributed by atoms with Gasteiger partial charge in [0.2, 0.25) is 0 Å². The van der Waals surface area contributed by atoms with Crippen molar-refractivity contribution in [3.05, 3.63) is 119 Å². The van der Waals surface area contributed by atoms with E-state index in [0.29, 0.717) is 11.8 Å². The number of hydrogen-bond donors (Lipinski definition) is 0. The van der Waals surface area contributed by atoms with Gasteiger partial charge in [0.1, 0.15) is 0 Å². The number of benzene rings is 3. The van der Waals surface area contributed by atoms with Crippen molar-refractivity contribution in [3.63, 3.8) is 0 Å². The van der Waals surface area contributed by atoms with Crippen LogP contribution < -0.4 is 24.8 Å². The number of rotatable bonds is 2. The second-order valence-electron chi connectivity index (χ2n) is 12.0. The first-order valence-corrected chi connectivity index (χ1v) is 12.4. The SMILES string of the molecule is CC(C)(C)C1=CC2C(=C1)C(C)(C)CC2(c1ccccc1)C1c2ccccc2-c2ccccc21.[Cl-].[Cl-].[Zr+2]. The van der Waals surface area contributed by atoms with Crippen LogP contribution in [0.4, 0.5) is 0 Å². The summed E-state index contributed by atoms with van der Waals surface area (Å²) in [5.41, 5.74) is 10.7. The molecule has 36 heavy (non-hydrogen) atoms. The molecule has 0 aromatic heterocycles. The molecule has 3 aromatic rings. The van der Waals surface area contributed by atoms with E-state index >= 15 is 0 Å². The molecule has 3 heteroatoms. The van der Waals surface area contributed by atoms with E-state index in [-0.39, 0.29) is 67.3 Å². The van der Waals surface area contributed by atoms with Crippen molar-refractivity contribution in [2.75, 3.05) is 0 Å². The Kier molecular flexibility index (Phi) is 8.15. The Morgan fingerprint density at radius 2 is 1.22 bits per heavy atom. The predicted octanol–water partition coefficient (Wildman–Crippen LogP) is 2.70. The van der Waals surface area contributed by atoms with E-state index in [2.05, 4.69) is 126 Å². The molecule has 0 radical (unpaired) electrons. The van der Waals surface area contributed by atoms with Crippen LogP contribution in [-0.2, 0) is 31.6 Å². The third kappa shape index (κ3) is 4.15. The molecule has 1 saturated carbocycles. The van der Waals surface area contributed by atoms with Crippen LogP contribution >= 0.6 is 0 Å². The summed E-state index contributed by atoms with van der Waals surface area (Å²) < 4.78 is 0. The zero-order valence-electron chi connectivity index (χ0n) is 21.8. The van der Waals surface area contributed by atoms with Crippen molar-refractivity contribution >= 4 is 0 Å². The van der Waals surface area contributed by atoms with Crippen LogP contribution in [0.3, 0.4) is 0 Å². The second kappa shape index (κ2) is 10.1. The summed E-state index contributed by atoms with van der Waals surface area (Å²) in [5, 5.41) is 0. The molecule has 0 spiro atoms. The van der Waals surface area contributed by atoms with E-state index in [1.807, 2.05) is 0 Å². The molecule has 3 aromatic carbocycles. The maximum atomic E-state index is 2.64. The molecule has 2 atom stereocenters. The van der Waals surface area contributed by atoms with Gasteiger partial charge < -0.3 is 24.8 Å². The fraction of sp³-hybridized carbons (Fsp3) is 0.333. The van der Waals surface area contributed by atoms with E-state index in [9.17, 15) is 0 Å². The third-order valence-corrected chi connectivity index (χ3v) is 8.59. The number of fused-ring (bicyclic) bond motifs is 4. The van der Waals surface area contributed by atoms with Crippen molar-refractivity contribution in [2.24, 2.45) is 16.7 Å². The smallest absolute Gasteiger partial charge is 1.00 e. The fourth-order valence-electron chi connectivity index (χ4n) is 7.22. The maximum Gasteiger partial charge on any atom is 2.00 e. The Labute approximate surface area is 248 Å². The van der Waals surface area contributed by atoms with Crippen LogP contribution in [0.5, 0.6) is 0 Å². The van der Waals surface area contributed by atoms with E-state index in [0.717, 1.165) is 6.42 Å². The van der Waals surface area contributed by atoms with Gasteiger partial charge in [-0.15, -0.1) is 0 Å². The van der Waals surface area contributed by atoms with Gasteiger partial charge in [-0.2, -0.15) is 0 Å². The van der Waals surface area contributed by atoms with Gasteiger partial charge in [-0.1, -0.05) is 131 Å². The molecule has 184 valence electrons. The average Bonchev–Trinajstić information content (AvgIpc) is 3.45. The average molecular weight is 593 g/mol. The molecule has 0 amide bonds. The van der Waals surface area contributed by atoms with Gasteiger partial charge in [-0.05, 0) is 50.6 Å². The van der Waals surface area contributed by atoms with Gasteiger partial charge in [-0.3, -0.25) is 0 Å². The van der Waals surface area contributed by atoms with E-state index in [1.165, 1.54) is 33.4 Å². The van der Waals surface area contributed by atoms with Crippen LogP contribution in [0, 0.1) is 16.7 Å². The quantitative estimate of drug-likeness (QED) is 0.430. The molecule has 2 unspecified atom stereocenters. The summed E-state index contributed by atoms with van der Waals surface area (Å²) >= 11 is 0. The largest absolute Gasteiger partial charge is 2.00 e. The predicted molar refractivity (Wildman–Crippen MR) is 139 cm³/mol. The molecule has 3 aliphatic carbocycles. The van der Waals surface area contributed by atoms with Crippen LogP contribution in [0.25, 0.3) is 11.1 Å². The summed E-state index contributed by atoms with van der Waals surface area (Å²) in [5.74, 6) is 0.756. The summed E-state index contributed by atoms with van der Waals surface area (Å²) in [4.78, 5) is 0. The summed E-state index contributed by atoms with van der Waals surface area (Å²) in [6, 6.07) is 29.7. The van der Waals surface area contributed by atoms with Crippen molar-refractivity contribution in [1.29, 1.82) is 0 Å². The molecule has 3 aliphatic rings. The Hall–Kier alpha value is -1.40. The van der Waals surface area contributed by atoms with Crippen molar-refractivity contribution in [2.45, 2.75) is 52.4 Å². The molecule has 0 nitrogen and oxygen atoms in total. The molecule has 0 bridgehead atoms. The minimum Gasteiger partial charge on any atom is -1.00 e. The van der Waals surface area contributed by atoms with E-state index in [1.54, 1.807) is 5.57 Å². The molecule has 0 saturated heterocycles. The van der Waals surface area contributed by atoms with Gasteiger partial charge >= 0.3 is 26.2 Å². The topological polar surface area (TPSA) is 0 Å². The van der Waals surface area contributed by atoms with Crippen molar-refractivity contribution in [1.82, 2.24) is 0 Å². The molecular formula is C33H34Cl2Zr. The van der Waals surface area contributed by atoms with Gasteiger partial charge in [0.15, 0.2) is 0 Å². The number of allylic oxidation sites excluding steroid dienone is 4. The van der Waals surface area contributed by atoms with Crippen LogP contribution in [0.2, 0.25) is 0 Å². The summed E-state index contributed by atoms with van der Waals surface area (Å²) in [6.07, 6.45) is 6.35. The Balaban J connectivity index is 0.00000120. The Morgan fingerprint density at radius 1 is 0.722 bits per heavy atom. The molecular weight excluding hydrogens is 558 g/mol. The summed E-state index contributed by atoms with van der Waals surface area (Å²) in [6.45, 7) is 12.0. The van der Waals surface area contributed by atoms with Crippen LogP contribution in [0.1, 0.15) is 63.6 Å². The van der Waals surface area contributed by atoms with Crippen LogP contribution in [0.15, 0.2) is 102 Å². The van der Waals surface area contributed by atoms with E-state index < -0.39 is 0 Å². The number of hydrogen-bond acceptors (Lipinski definition) is 0. The maximum absolute atomic E-state index is 2.64. The molecule has 1 fully saturated rings. The van der Waals surface area contributed by atoms with Gasteiger partial charge in [0.25, 0.3) is 0 Å². The van der Waals surface area contributed by atoms with E-state index in [4.69, 9.17) is 0 Å². The van der Waals surface area contributed by atoms with Crippen molar-refractivity contribution < 1.29 is 51.0 Å². The zero-order valence-corrected chi connectivity index (χ0v) is 25.7. The van der Waals surface area contributed by atoms with Gasteiger partial charge in [0.05, 0.1) is 0 Å². The minimum absolute atomic E-state index is 0. The normalized spacial score (nSPS) is 23.2. The first-order valence-electron chi connectivity index (χ1n) is 12.4. The fourth-order valence-corrected chi connectivity index (χ4v) is 7.22. The molecule has 0 heterocycles. The first-order chi connectivity index (χ1) is 15.7. The third-order valence-electron chi connectivity index (χ3n) is 8.59. The van der Waals surface area contributed by atoms with Gasteiger partial charge in [-0.25, -0.2) is 0 Å². The zero-order chi connectivity index (χ0) is 23.0. The van der Waals surface area contributed by atoms with Gasteiger partial charge in [0, 0.05) is 17.3 Å². The first kappa shape index (κ1) is 29.2. The van der Waals surface area contributed by atoms with Crippen molar-refractivity contribution in [3.8, 4) is 11.1 Å². The Morgan fingerprint density at radius 3 is 1.75 bits per heavy atom. The molecule has 0 N–H and O–H groups in total. The standard InChI is InChI=1S/C33H34.2ClH.Zr/c1-31(2,3)23-19-28-29(20-23)33(21-32(28,4)5,22-13-7-6-8-14-22)30-26-17-11-9-15-24(26)25-16-10-12-18-27(25)30;;;/h6-20,29-30H,21H2,1-5H3;2*1H;/q;;;+2/p-2. The Bertz CT molecular complexity index is 1270. The summed E-state index contributed by atoms with van der Waals surface area (Å²) in [7, 11) is 0. The number of halogens is 2. The molecule has 6 rings (SSSR count). The minimum atomic E-state index is -0.00764. The monoisotopic (exact) mass is 590 g/mol. The van der Waals surface area contributed by atoms with Crippen LogP contribution in [-0.4, -0.2) is 0 Å². The molecule has 0 aliphatic heterocycles. The second-order valence-corrected chi connectivity index (χ2v) is 12.0.